The second kappa shape index (κ2) is 7.05. The third-order valence-corrected chi connectivity index (χ3v) is 5.30. The van der Waals surface area contributed by atoms with E-state index in [0.717, 1.165) is 51.3 Å². The van der Waals surface area contributed by atoms with Gasteiger partial charge in [-0.15, -0.1) is 0 Å². The molecule has 0 amide bonds. The van der Waals surface area contributed by atoms with E-state index in [1.54, 1.807) is 0 Å². The molecule has 1 unspecified atom stereocenters. The first kappa shape index (κ1) is 15.8. The maximum atomic E-state index is 6.04. The maximum Gasteiger partial charge on any atom is 0.0706 e. The SMILES string of the molecule is c1cc(CNCC2CC3(CCOCC3)CO2)cc(-c2cn[nH]c2)c1. The number of benzene rings is 1. The molecule has 0 bridgehead atoms. The number of H-pyrrole nitrogens is 1. The minimum atomic E-state index is 0.333. The summed E-state index contributed by atoms with van der Waals surface area (Å²) < 4.78 is 11.5. The molecule has 1 atom stereocenters. The molecule has 2 aliphatic rings. The molecule has 4 rings (SSSR count). The number of hydrogen-bond acceptors (Lipinski definition) is 4. The summed E-state index contributed by atoms with van der Waals surface area (Å²) in [5, 5.41) is 10.4. The van der Waals surface area contributed by atoms with Gasteiger partial charge in [0.25, 0.3) is 0 Å². The molecule has 128 valence electrons. The van der Waals surface area contributed by atoms with E-state index in [-0.39, 0.29) is 0 Å². The maximum absolute atomic E-state index is 6.04. The highest BCUT2D eigenvalue weighted by molar-refractivity contribution is 5.62. The van der Waals surface area contributed by atoms with Gasteiger partial charge in [-0.25, -0.2) is 0 Å². The van der Waals surface area contributed by atoms with Crippen LogP contribution in [-0.4, -0.2) is 42.7 Å². The Labute approximate surface area is 142 Å². The zero-order chi connectivity index (χ0) is 16.2. The largest absolute Gasteiger partial charge is 0.381 e. The van der Waals surface area contributed by atoms with Crippen molar-refractivity contribution in [3.8, 4) is 11.1 Å². The van der Waals surface area contributed by atoms with Crippen molar-refractivity contribution in [1.29, 1.82) is 0 Å². The lowest BCUT2D eigenvalue weighted by molar-refractivity contribution is 0.00700. The summed E-state index contributed by atoms with van der Waals surface area (Å²) in [6.07, 6.45) is 7.57. The predicted octanol–water partition coefficient (Wildman–Crippen LogP) is 2.75. The highest BCUT2D eigenvalue weighted by Crippen LogP contribution is 2.41. The Balaban J connectivity index is 1.28. The van der Waals surface area contributed by atoms with Gasteiger partial charge in [-0.1, -0.05) is 18.2 Å². The van der Waals surface area contributed by atoms with Gasteiger partial charge in [0.2, 0.25) is 0 Å². The van der Waals surface area contributed by atoms with Crippen LogP contribution in [0.4, 0.5) is 0 Å². The van der Waals surface area contributed by atoms with Crippen molar-refractivity contribution in [2.45, 2.75) is 31.9 Å². The molecular formula is C19H25N3O2. The Morgan fingerprint density at radius 2 is 2.17 bits per heavy atom. The molecule has 0 saturated carbocycles. The standard InChI is InChI=1S/C19H25N3O2/c1-2-15(8-16(3-1)17-11-21-22-12-17)10-20-13-18-9-19(14-24-18)4-6-23-7-5-19/h1-3,8,11-12,18,20H,4-7,9-10,13-14H2,(H,21,22). The average molecular weight is 327 g/mol. The highest BCUT2D eigenvalue weighted by Gasteiger charge is 2.40. The molecule has 2 N–H and O–H groups in total. The van der Waals surface area contributed by atoms with E-state index >= 15 is 0 Å². The molecule has 0 aliphatic carbocycles. The first-order valence-electron chi connectivity index (χ1n) is 8.81. The van der Waals surface area contributed by atoms with Gasteiger partial charge in [0.1, 0.15) is 0 Å². The van der Waals surface area contributed by atoms with Crippen LogP contribution in [0.15, 0.2) is 36.7 Å². The minimum Gasteiger partial charge on any atom is -0.381 e. The van der Waals surface area contributed by atoms with E-state index in [1.807, 2.05) is 12.4 Å². The van der Waals surface area contributed by atoms with Crippen molar-refractivity contribution in [2.24, 2.45) is 5.41 Å². The van der Waals surface area contributed by atoms with Crippen LogP contribution in [0.1, 0.15) is 24.8 Å². The number of hydrogen-bond donors (Lipinski definition) is 2. The molecule has 2 fully saturated rings. The molecule has 5 heteroatoms. The fraction of sp³-hybridized carbons (Fsp3) is 0.526. The van der Waals surface area contributed by atoms with Gasteiger partial charge in [0.05, 0.1) is 18.9 Å². The van der Waals surface area contributed by atoms with Crippen LogP contribution in [0.2, 0.25) is 0 Å². The molecule has 2 aliphatic heterocycles. The topological polar surface area (TPSA) is 59.2 Å². The predicted molar refractivity (Wildman–Crippen MR) is 92.6 cm³/mol. The van der Waals surface area contributed by atoms with E-state index in [4.69, 9.17) is 9.47 Å². The number of ether oxygens (including phenoxy) is 2. The molecule has 1 aromatic carbocycles. The van der Waals surface area contributed by atoms with E-state index < -0.39 is 0 Å². The van der Waals surface area contributed by atoms with Gasteiger partial charge in [0.15, 0.2) is 0 Å². The van der Waals surface area contributed by atoms with Gasteiger partial charge in [-0.2, -0.15) is 5.10 Å². The molecule has 24 heavy (non-hydrogen) atoms. The van der Waals surface area contributed by atoms with Crippen LogP contribution in [0.3, 0.4) is 0 Å². The van der Waals surface area contributed by atoms with Gasteiger partial charge >= 0.3 is 0 Å². The van der Waals surface area contributed by atoms with Crippen molar-refractivity contribution in [3.63, 3.8) is 0 Å². The lowest BCUT2D eigenvalue weighted by atomic mass is 9.78. The number of aromatic amines is 1. The van der Waals surface area contributed by atoms with Crippen molar-refractivity contribution in [1.82, 2.24) is 15.5 Å². The average Bonchev–Trinajstić information content (AvgIpc) is 3.27. The van der Waals surface area contributed by atoms with E-state index in [2.05, 4.69) is 39.8 Å². The Hall–Kier alpha value is -1.69. The van der Waals surface area contributed by atoms with Crippen LogP contribution < -0.4 is 5.32 Å². The van der Waals surface area contributed by atoms with E-state index in [1.165, 1.54) is 17.5 Å². The molecule has 1 spiro atoms. The van der Waals surface area contributed by atoms with Crippen molar-refractivity contribution in [2.75, 3.05) is 26.4 Å². The summed E-state index contributed by atoms with van der Waals surface area (Å²) in [7, 11) is 0. The quantitative estimate of drug-likeness (QED) is 0.886. The Morgan fingerprint density at radius 3 is 3.00 bits per heavy atom. The fourth-order valence-corrected chi connectivity index (χ4v) is 3.83. The minimum absolute atomic E-state index is 0.333. The lowest BCUT2D eigenvalue weighted by Crippen LogP contribution is -2.31. The number of nitrogens with one attached hydrogen (secondary N) is 2. The summed E-state index contributed by atoms with van der Waals surface area (Å²) in [5.74, 6) is 0. The molecule has 1 aromatic heterocycles. The number of nitrogens with zero attached hydrogens (tertiary/aromatic N) is 1. The summed E-state index contributed by atoms with van der Waals surface area (Å²) >= 11 is 0. The molecule has 0 radical (unpaired) electrons. The fourth-order valence-electron chi connectivity index (χ4n) is 3.83. The first-order chi connectivity index (χ1) is 11.8. The zero-order valence-electron chi connectivity index (χ0n) is 14.0. The van der Waals surface area contributed by atoms with Crippen LogP contribution in [0.25, 0.3) is 11.1 Å². The number of rotatable bonds is 5. The lowest BCUT2D eigenvalue weighted by Gasteiger charge is -2.31. The Bertz CT molecular complexity index is 650. The number of aromatic nitrogens is 2. The smallest absolute Gasteiger partial charge is 0.0706 e. The Kier molecular flexibility index (Phi) is 4.65. The van der Waals surface area contributed by atoms with Crippen LogP contribution in [-0.2, 0) is 16.0 Å². The molecule has 3 heterocycles. The summed E-state index contributed by atoms with van der Waals surface area (Å²) in [4.78, 5) is 0. The van der Waals surface area contributed by atoms with Crippen LogP contribution >= 0.6 is 0 Å². The van der Waals surface area contributed by atoms with Crippen LogP contribution in [0.5, 0.6) is 0 Å². The van der Waals surface area contributed by atoms with Crippen molar-refractivity contribution < 1.29 is 9.47 Å². The first-order valence-corrected chi connectivity index (χ1v) is 8.81. The molecule has 2 saturated heterocycles. The van der Waals surface area contributed by atoms with Crippen molar-refractivity contribution >= 4 is 0 Å². The summed E-state index contributed by atoms with van der Waals surface area (Å²) in [5.41, 5.74) is 3.98. The van der Waals surface area contributed by atoms with Gasteiger partial charge in [-0.3, -0.25) is 5.10 Å². The van der Waals surface area contributed by atoms with Crippen LogP contribution in [0, 0.1) is 5.41 Å². The van der Waals surface area contributed by atoms with Crippen molar-refractivity contribution in [3.05, 3.63) is 42.2 Å². The molecular weight excluding hydrogens is 302 g/mol. The van der Waals surface area contributed by atoms with Gasteiger partial charge in [0, 0.05) is 43.5 Å². The third-order valence-electron chi connectivity index (χ3n) is 5.30. The van der Waals surface area contributed by atoms with E-state index in [0.29, 0.717) is 11.5 Å². The highest BCUT2D eigenvalue weighted by atomic mass is 16.5. The zero-order valence-corrected chi connectivity index (χ0v) is 14.0. The Morgan fingerprint density at radius 1 is 1.25 bits per heavy atom. The van der Waals surface area contributed by atoms with Gasteiger partial charge < -0.3 is 14.8 Å². The summed E-state index contributed by atoms with van der Waals surface area (Å²) in [6.45, 7) is 4.47. The second-order valence-corrected chi connectivity index (χ2v) is 7.07. The normalized spacial score (nSPS) is 22.9. The second-order valence-electron chi connectivity index (χ2n) is 7.07. The summed E-state index contributed by atoms with van der Waals surface area (Å²) in [6, 6.07) is 8.59. The van der Waals surface area contributed by atoms with Gasteiger partial charge in [-0.05, 0) is 36.5 Å². The van der Waals surface area contributed by atoms with E-state index in [9.17, 15) is 0 Å². The monoisotopic (exact) mass is 327 g/mol. The molecule has 2 aromatic rings. The molecule has 5 nitrogen and oxygen atoms in total. The third kappa shape index (κ3) is 3.53.